The standard InChI is InChI=1S/C17H20O5/c1-5-22-17(19)10-12(2)6-8-15(18)14-11-13(20-3)7-9-16(14)21-4/h6-11H,5H2,1-4H3. The average molecular weight is 304 g/mol. The van der Waals surface area contributed by atoms with E-state index in [9.17, 15) is 9.59 Å². The van der Waals surface area contributed by atoms with Gasteiger partial charge >= 0.3 is 5.97 Å². The summed E-state index contributed by atoms with van der Waals surface area (Å²) in [6.07, 6.45) is 4.26. The highest BCUT2D eigenvalue weighted by molar-refractivity contribution is 6.07. The van der Waals surface area contributed by atoms with Crippen molar-refractivity contribution >= 4 is 11.8 Å². The molecule has 0 radical (unpaired) electrons. The minimum Gasteiger partial charge on any atom is -0.497 e. The van der Waals surface area contributed by atoms with Gasteiger partial charge in [0.15, 0.2) is 5.78 Å². The summed E-state index contributed by atoms with van der Waals surface area (Å²) in [5, 5.41) is 0. The van der Waals surface area contributed by atoms with Crippen molar-refractivity contribution in [3.63, 3.8) is 0 Å². The molecule has 118 valence electrons. The van der Waals surface area contributed by atoms with E-state index in [0.29, 0.717) is 29.2 Å². The zero-order valence-corrected chi connectivity index (χ0v) is 13.2. The van der Waals surface area contributed by atoms with Crippen molar-refractivity contribution in [2.45, 2.75) is 13.8 Å². The highest BCUT2D eigenvalue weighted by Crippen LogP contribution is 2.24. The predicted octanol–water partition coefficient (Wildman–Crippen LogP) is 2.95. The van der Waals surface area contributed by atoms with Gasteiger partial charge in [0.25, 0.3) is 0 Å². The first kappa shape index (κ1) is 17.5. The van der Waals surface area contributed by atoms with Crippen molar-refractivity contribution in [1.82, 2.24) is 0 Å². The molecule has 0 atom stereocenters. The average Bonchev–Trinajstić information content (AvgIpc) is 2.52. The Hall–Kier alpha value is -2.56. The number of carbonyl (C=O) groups is 2. The lowest BCUT2D eigenvalue weighted by Gasteiger charge is -2.07. The van der Waals surface area contributed by atoms with Crippen molar-refractivity contribution in [2.75, 3.05) is 20.8 Å². The topological polar surface area (TPSA) is 61.8 Å². The van der Waals surface area contributed by atoms with Crippen molar-refractivity contribution in [1.29, 1.82) is 0 Å². The van der Waals surface area contributed by atoms with E-state index < -0.39 is 5.97 Å². The lowest BCUT2D eigenvalue weighted by molar-refractivity contribution is -0.137. The van der Waals surface area contributed by atoms with E-state index in [2.05, 4.69) is 0 Å². The molecule has 0 spiro atoms. The van der Waals surface area contributed by atoms with Gasteiger partial charge in [-0.1, -0.05) is 6.08 Å². The molecule has 1 rings (SSSR count). The van der Waals surface area contributed by atoms with Crippen LogP contribution in [0.3, 0.4) is 0 Å². The molecule has 0 amide bonds. The monoisotopic (exact) mass is 304 g/mol. The number of carbonyl (C=O) groups excluding carboxylic acids is 2. The van der Waals surface area contributed by atoms with Crippen molar-refractivity contribution in [3.05, 3.63) is 47.6 Å². The Labute approximate surface area is 130 Å². The third-order valence-electron chi connectivity index (χ3n) is 2.80. The van der Waals surface area contributed by atoms with E-state index in [4.69, 9.17) is 14.2 Å². The lowest BCUT2D eigenvalue weighted by atomic mass is 10.1. The van der Waals surface area contributed by atoms with Gasteiger partial charge in [-0.15, -0.1) is 0 Å². The fourth-order valence-corrected chi connectivity index (χ4v) is 1.72. The zero-order chi connectivity index (χ0) is 16.5. The maximum Gasteiger partial charge on any atom is 0.330 e. The number of hydrogen-bond acceptors (Lipinski definition) is 5. The minimum atomic E-state index is -0.434. The van der Waals surface area contributed by atoms with Crippen LogP contribution in [-0.2, 0) is 9.53 Å². The largest absolute Gasteiger partial charge is 0.497 e. The number of hydrogen-bond donors (Lipinski definition) is 0. The van der Waals surface area contributed by atoms with Gasteiger partial charge in [-0.3, -0.25) is 4.79 Å². The SMILES string of the molecule is CCOC(=O)C=C(C)C=CC(=O)c1cc(OC)ccc1OC. The molecule has 22 heavy (non-hydrogen) atoms. The van der Waals surface area contributed by atoms with Crippen LogP contribution in [0.25, 0.3) is 0 Å². The number of allylic oxidation sites excluding steroid dienone is 3. The molecule has 0 aliphatic rings. The number of ether oxygens (including phenoxy) is 3. The normalized spacial score (nSPS) is 11.4. The molecule has 0 aliphatic heterocycles. The van der Waals surface area contributed by atoms with E-state index in [1.807, 2.05) is 0 Å². The number of rotatable bonds is 7. The quantitative estimate of drug-likeness (QED) is 0.335. The summed E-state index contributed by atoms with van der Waals surface area (Å²) in [6.45, 7) is 3.76. The highest BCUT2D eigenvalue weighted by atomic mass is 16.5. The zero-order valence-electron chi connectivity index (χ0n) is 13.2. The third-order valence-corrected chi connectivity index (χ3v) is 2.80. The lowest BCUT2D eigenvalue weighted by Crippen LogP contribution is -2.01. The molecule has 0 aliphatic carbocycles. The van der Waals surface area contributed by atoms with Gasteiger partial charge in [-0.05, 0) is 43.7 Å². The Morgan fingerprint density at radius 1 is 1.14 bits per heavy atom. The summed E-state index contributed by atoms with van der Waals surface area (Å²) in [7, 11) is 3.02. The van der Waals surface area contributed by atoms with Crippen LogP contribution in [0.1, 0.15) is 24.2 Å². The van der Waals surface area contributed by atoms with Crippen LogP contribution in [0.5, 0.6) is 11.5 Å². The second-order valence-electron chi connectivity index (χ2n) is 4.40. The van der Waals surface area contributed by atoms with E-state index in [1.54, 1.807) is 38.1 Å². The molecule has 5 heteroatoms. The minimum absolute atomic E-state index is 0.243. The molecule has 0 aromatic heterocycles. The predicted molar refractivity (Wildman–Crippen MR) is 83.4 cm³/mol. The Morgan fingerprint density at radius 3 is 2.45 bits per heavy atom. The van der Waals surface area contributed by atoms with Gasteiger partial charge in [0.2, 0.25) is 0 Å². The summed E-state index contributed by atoms with van der Waals surface area (Å²) in [4.78, 5) is 23.5. The summed E-state index contributed by atoms with van der Waals surface area (Å²) < 4.78 is 15.1. The summed E-state index contributed by atoms with van der Waals surface area (Å²) in [6, 6.07) is 4.99. The van der Waals surface area contributed by atoms with Crippen LogP contribution in [-0.4, -0.2) is 32.6 Å². The van der Waals surface area contributed by atoms with Gasteiger partial charge in [0.1, 0.15) is 11.5 Å². The molecule has 0 unspecified atom stereocenters. The van der Waals surface area contributed by atoms with Crippen LogP contribution in [0, 0.1) is 0 Å². The van der Waals surface area contributed by atoms with Gasteiger partial charge in [0.05, 0.1) is 26.4 Å². The molecular formula is C17H20O5. The molecule has 5 nitrogen and oxygen atoms in total. The first-order valence-electron chi connectivity index (χ1n) is 6.81. The van der Waals surface area contributed by atoms with E-state index in [0.717, 1.165) is 0 Å². The molecule has 0 heterocycles. The number of benzene rings is 1. The van der Waals surface area contributed by atoms with Crippen molar-refractivity contribution < 1.29 is 23.8 Å². The van der Waals surface area contributed by atoms with Crippen LogP contribution in [0.2, 0.25) is 0 Å². The third kappa shape index (κ3) is 5.09. The van der Waals surface area contributed by atoms with E-state index in [1.165, 1.54) is 26.4 Å². The maximum atomic E-state index is 12.2. The number of methoxy groups -OCH3 is 2. The Balaban J connectivity index is 2.92. The fraction of sp³-hybridized carbons (Fsp3) is 0.294. The molecule has 0 saturated carbocycles. The molecule has 0 fully saturated rings. The van der Waals surface area contributed by atoms with Crippen LogP contribution < -0.4 is 9.47 Å². The molecule has 0 bridgehead atoms. The van der Waals surface area contributed by atoms with E-state index in [-0.39, 0.29) is 5.78 Å². The van der Waals surface area contributed by atoms with Crippen molar-refractivity contribution in [3.8, 4) is 11.5 Å². The van der Waals surface area contributed by atoms with Gasteiger partial charge in [-0.25, -0.2) is 4.79 Å². The highest BCUT2D eigenvalue weighted by Gasteiger charge is 2.11. The second kappa shape index (κ2) is 8.67. The number of esters is 1. The molecule has 0 N–H and O–H groups in total. The molecule has 0 saturated heterocycles. The second-order valence-corrected chi connectivity index (χ2v) is 4.40. The van der Waals surface area contributed by atoms with Crippen LogP contribution in [0.15, 0.2) is 42.0 Å². The number of ketones is 1. The Bertz CT molecular complexity index is 599. The first-order valence-corrected chi connectivity index (χ1v) is 6.81. The van der Waals surface area contributed by atoms with Gasteiger partial charge in [-0.2, -0.15) is 0 Å². The molecule has 1 aromatic rings. The fourth-order valence-electron chi connectivity index (χ4n) is 1.72. The van der Waals surface area contributed by atoms with Crippen LogP contribution in [0.4, 0.5) is 0 Å². The summed E-state index contributed by atoms with van der Waals surface area (Å²) >= 11 is 0. The van der Waals surface area contributed by atoms with Crippen molar-refractivity contribution in [2.24, 2.45) is 0 Å². The molecule has 1 aromatic carbocycles. The van der Waals surface area contributed by atoms with Gasteiger partial charge < -0.3 is 14.2 Å². The van der Waals surface area contributed by atoms with E-state index >= 15 is 0 Å². The maximum absolute atomic E-state index is 12.2. The molecular weight excluding hydrogens is 284 g/mol. The first-order chi connectivity index (χ1) is 10.5. The summed E-state index contributed by atoms with van der Waals surface area (Å²) in [5.41, 5.74) is 1.01. The van der Waals surface area contributed by atoms with Gasteiger partial charge in [0, 0.05) is 6.08 Å². The smallest absolute Gasteiger partial charge is 0.330 e. The van der Waals surface area contributed by atoms with Crippen LogP contribution >= 0.6 is 0 Å². The Kier molecular flexibility index (Phi) is 6.89. The Morgan fingerprint density at radius 2 is 1.86 bits per heavy atom. The summed E-state index contributed by atoms with van der Waals surface area (Å²) in [5.74, 6) is 0.349.